The van der Waals surface area contributed by atoms with Crippen LogP contribution >= 0.6 is 0 Å². The van der Waals surface area contributed by atoms with E-state index >= 15 is 0 Å². The topological polar surface area (TPSA) is 21.6 Å². The van der Waals surface area contributed by atoms with E-state index in [1.165, 1.54) is 32.1 Å². The summed E-state index contributed by atoms with van der Waals surface area (Å²) in [6.45, 7) is 2.32. The molecule has 1 unspecified atom stereocenters. The highest BCUT2D eigenvalue weighted by molar-refractivity contribution is 5.66. The summed E-state index contributed by atoms with van der Waals surface area (Å²) in [6.07, 6.45) is 12.2. The van der Waals surface area contributed by atoms with Gasteiger partial charge in [-0.2, -0.15) is 0 Å². The van der Waals surface area contributed by atoms with Crippen molar-refractivity contribution in [3.63, 3.8) is 0 Å². The fraction of sp³-hybridized carbons (Fsp3) is 0.727. The van der Waals surface area contributed by atoms with Gasteiger partial charge in [0.2, 0.25) is 0 Å². The molecule has 0 bridgehead atoms. The van der Waals surface area contributed by atoms with Gasteiger partial charge in [0, 0.05) is 11.6 Å². The smallest absolute Gasteiger partial charge is 0.138 e. The second-order valence-electron chi connectivity index (χ2n) is 4.35. The first-order valence-corrected chi connectivity index (χ1v) is 5.15. The standard InChI is InChI=1S/C11H17NO/c1-11(5-3-2-4-6-11)10-9-12-7-8-13-10/h7-10H,2-6H2,1H3. The summed E-state index contributed by atoms with van der Waals surface area (Å²) < 4.78 is 5.59. The maximum absolute atomic E-state index is 5.59. The van der Waals surface area contributed by atoms with Gasteiger partial charge in [0.05, 0.1) is 6.20 Å². The Morgan fingerprint density at radius 1 is 1.31 bits per heavy atom. The molecule has 13 heavy (non-hydrogen) atoms. The Balaban J connectivity index is 2.04. The van der Waals surface area contributed by atoms with Gasteiger partial charge in [-0.05, 0) is 12.8 Å². The van der Waals surface area contributed by atoms with Crippen molar-refractivity contribution < 1.29 is 4.74 Å². The van der Waals surface area contributed by atoms with Crippen LogP contribution < -0.4 is 0 Å². The van der Waals surface area contributed by atoms with E-state index in [1.54, 1.807) is 12.5 Å². The summed E-state index contributed by atoms with van der Waals surface area (Å²) in [5, 5.41) is 0. The molecule has 2 rings (SSSR count). The van der Waals surface area contributed by atoms with Gasteiger partial charge in [0.1, 0.15) is 12.4 Å². The van der Waals surface area contributed by atoms with Crippen molar-refractivity contribution in [2.24, 2.45) is 10.4 Å². The number of hydrogen-bond donors (Lipinski definition) is 0. The first-order chi connectivity index (χ1) is 6.31. The lowest BCUT2D eigenvalue weighted by Gasteiger charge is -2.38. The molecule has 0 spiro atoms. The molecule has 0 aromatic carbocycles. The van der Waals surface area contributed by atoms with E-state index in [4.69, 9.17) is 4.74 Å². The van der Waals surface area contributed by atoms with Crippen molar-refractivity contribution in [3.05, 3.63) is 12.5 Å². The zero-order valence-corrected chi connectivity index (χ0v) is 8.20. The summed E-state index contributed by atoms with van der Waals surface area (Å²) in [5.41, 5.74) is 0.326. The number of rotatable bonds is 1. The van der Waals surface area contributed by atoms with Gasteiger partial charge in [-0.25, -0.2) is 0 Å². The van der Waals surface area contributed by atoms with Crippen LogP contribution in [0.4, 0.5) is 0 Å². The summed E-state index contributed by atoms with van der Waals surface area (Å²) in [4.78, 5) is 4.15. The third-order valence-electron chi connectivity index (χ3n) is 3.28. The molecule has 0 aromatic rings. The van der Waals surface area contributed by atoms with Crippen molar-refractivity contribution in [2.75, 3.05) is 0 Å². The van der Waals surface area contributed by atoms with Gasteiger partial charge in [0.15, 0.2) is 0 Å². The van der Waals surface area contributed by atoms with Crippen molar-refractivity contribution in [3.8, 4) is 0 Å². The largest absolute Gasteiger partial charge is 0.490 e. The van der Waals surface area contributed by atoms with Gasteiger partial charge >= 0.3 is 0 Å². The molecule has 1 atom stereocenters. The second-order valence-corrected chi connectivity index (χ2v) is 4.35. The minimum absolute atomic E-state index is 0.206. The van der Waals surface area contributed by atoms with E-state index in [-0.39, 0.29) is 6.10 Å². The van der Waals surface area contributed by atoms with Gasteiger partial charge in [-0.3, -0.25) is 4.99 Å². The van der Waals surface area contributed by atoms with Crippen LogP contribution in [-0.4, -0.2) is 12.3 Å². The average molecular weight is 179 g/mol. The predicted octanol–water partition coefficient (Wildman–Crippen LogP) is 2.90. The highest BCUT2D eigenvalue weighted by Gasteiger charge is 2.36. The van der Waals surface area contributed by atoms with Crippen molar-refractivity contribution in [1.29, 1.82) is 0 Å². The minimum Gasteiger partial charge on any atom is -0.490 e. The Kier molecular flexibility index (Phi) is 2.38. The first kappa shape index (κ1) is 8.79. The Morgan fingerprint density at radius 2 is 2.08 bits per heavy atom. The molecule has 0 N–H and O–H groups in total. The fourth-order valence-corrected chi connectivity index (χ4v) is 2.31. The van der Waals surface area contributed by atoms with Crippen LogP contribution in [0.5, 0.6) is 0 Å². The normalized spacial score (nSPS) is 31.3. The van der Waals surface area contributed by atoms with Crippen molar-refractivity contribution in [2.45, 2.75) is 45.1 Å². The monoisotopic (exact) mass is 179 g/mol. The fourth-order valence-electron chi connectivity index (χ4n) is 2.31. The van der Waals surface area contributed by atoms with E-state index in [2.05, 4.69) is 11.9 Å². The predicted molar refractivity (Wildman–Crippen MR) is 53.7 cm³/mol. The van der Waals surface area contributed by atoms with Gasteiger partial charge in [0.25, 0.3) is 0 Å². The number of nitrogens with zero attached hydrogens (tertiary/aromatic N) is 1. The molecule has 1 aliphatic heterocycles. The zero-order valence-electron chi connectivity index (χ0n) is 8.20. The van der Waals surface area contributed by atoms with Crippen molar-refractivity contribution >= 4 is 6.21 Å². The molecule has 0 aromatic heterocycles. The van der Waals surface area contributed by atoms with Crippen LogP contribution in [0, 0.1) is 5.41 Å². The van der Waals surface area contributed by atoms with Crippen molar-refractivity contribution in [1.82, 2.24) is 0 Å². The lowest BCUT2D eigenvalue weighted by molar-refractivity contribution is 0.0451. The third-order valence-corrected chi connectivity index (χ3v) is 3.28. The quantitative estimate of drug-likeness (QED) is 0.606. The summed E-state index contributed by atoms with van der Waals surface area (Å²) in [7, 11) is 0. The van der Waals surface area contributed by atoms with Gasteiger partial charge < -0.3 is 4.74 Å². The van der Waals surface area contributed by atoms with Gasteiger partial charge in [-0.15, -0.1) is 0 Å². The Bertz CT molecular complexity index is 226. The lowest BCUT2D eigenvalue weighted by Crippen LogP contribution is -2.37. The van der Waals surface area contributed by atoms with E-state index in [0.29, 0.717) is 5.41 Å². The first-order valence-electron chi connectivity index (χ1n) is 5.15. The molecule has 1 aliphatic carbocycles. The van der Waals surface area contributed by atoms with Crippen LogP contribution in [0.1, 0.15) is 39.0 Å². The van der Waals surface area contributed by atoms with Gasteiger partial charge in [-0.1, -0.05) is 26.2 Å². The van der Waals surface area contributed by atoms with E-state index < -0.39 is 0 Å². The molecule has 2 heteroatoms. The molecule has 1 saturated carbocycles. The maximum atomic E-state index is 5.59. The number of hydrogen-bond acceptors (Lipinski definition) is 2. The van der Waals surface area contributed by atoms with Crippen LogP contribution in [0.25, 0.3) is 0 Å². The SMILES string of the molecule is CC1(C2C=NC=CO2)CCCCC1. The number of aliphatic imine (C=N–C) groups is 1. The Hall–Kier alpha value is -0.790. The molecule has 2 nitrogen and oxygen atoms in total. The highest BCUT2D eigenvalue weighted by atomic mass is 16.5. The minimum atomic E-state index is 0.206. The van der Waals surface area contributed by atoms with E-state index in [1.807, 2.05) is 6.21 Å². The molecule has 0 saturated heterocycles. The average Bonchev–Trinajstić information content (AvgIpc) is 2.20. The van der Waals surface area contributed by atoms with E-state index in [0.717, 1.165) is 0 Å². The molecule has 72 valence electrons. The lowest BCUT2D eigenvalue weighted by atomic mass is 9.72. The maximum Gasteiger partial charge on any atom is 0.138 e. The highest BCUT2D eigenvalue weighted by Crippen LogP contribution is 2.40. The number of ether oxygens (including phenoxy) is 1. The molecule has 0 radical (unpaired) electrons. The molecule has 1 fully saturated rings. The Morgan fingerprint density at radius 3 is 2.69 bits per heavy atom. The Labute approximate surface area is 79.7 Å². The third kappa shape index (κ3) is 1.77. The molecule has 1 heterocycles. The van der Waals surface area contributed by atoms with Crippen LogP contribution in [0.2, 0.25) is 0 Å². The molecule has 2 aliphatic rings. The summed E-state index contributed by atoms with van der Waals surface area (Å²) >= 11 is 0. The van der Waals surface area contributed by atoms with Crippen LogP contribution in [0.3, 0.4) is 0 Å². The molecular weight excluding hydrogens is 162 g/mol. The summed E-state index contributed by atoms with van der Waals surface area (Å²) in [6, 6.07) is 0. The zero-order chi connectivity index (χ0) is 9.15. The van der Waals surface area contributed by atoms with E-state index in [9.17, 15) is 0 Å². The molecule has 0 amide bonds. The molecular formula is C11H17NO. The second kappa shape index (κ2) is 3.52. The van der Waals surface area contributed by atoms with Crippen LogP contribution in [0.15, 0.2) is 17.5 Å². The summed E-state index contributed by atoms with van der Waals surface area (Å²) in [5.74, 6) is 0. The van der Waals surface area contributed by atoms with Crippen LogP contribution in [-0.2, 0) is 4.74 Å².